The van der Waals surface area contributed by atoms with Gasteiger partial charge in [-0.25, -0.2) is 9.79 Å². The Labute approximate surface area is 255 Å². The molecule has 0 saturated carbocycles. The SMILES string of the molecule is CCCC1=C(C(=O)OCC)[C@@H](c2ccccc2OC)n2c(s/c(=C/c3cc(C)n(-c4ccc(N(C)C)cc4)c3C)c2=O)=N1. The number of thiazole rings is 1. The van der Waals surface area contributed by atoms with E-state index in [-0.39, 0.29) is 12.2 Å². The van der Waals surface area contributed by atoms with Crippen LogP contribution in [0.1, 0.15) is 55.2 Å². The molecule has 224 valence electrons. The molecule has 0 spiro atoms. The third kappa shape index (κ3) is 5.57. The highest BCUT2D eigenvalue weighted by Crippen LogP contribution is 2.37. The molecule has 1 atom stereocenters. The topological polar surface area (TPSA) is 78.1 Å². The molecule has 1 aliphatic heterocycles. The van der Waals surface area contributed by atoms with E-state index in [4.69, 9.17) is 14.5 Å². The normalized spacial score (nSPS) is 14.9. The van der Waals surface area contributed by atoms with E-state index in [2.05, 4.69) is 53.6 Å². The minimum Gasteiger partial charge on any atom is -0.496 e. The molecule has 3 heterocycles. The van der Waals surface area contributed by atoms with Crippen LogP contribution in [0.2, 0.25) is 0 Å². The van der Waals surface area contributed by atoms with Crippen molar-refractivity contribution in [1.82, 2.24) is 9.13 Å². The Hall–Kier alpha value is -4.37. The van der Waals surface area contributed by atoms with E-state index in [1.807, 2.05) is 51.4 Å². The Morgan fingerprint density at radius 1 is 1.09 bits per heavy atom. The van der Waals surface area contributed by atoms with Crippen molar-refractivity contribution in [2.24, 2.45) is 4.99 Å². The quantitative estimate of drug-likeness (QED) is 0.252. The van der Waals surface area contributed by atoms with Gasteiger partial charge in [-0.1, -0.05) is 42.9 Å². The summed E-state index contributed by atoms with van der Waals surface area (Å²) >= 11 is 1.34. The van der Waals surface area contributed by atoms with Crippen LogP contribution < -0.4 is 24.5 Å². The van der Waals surface area contributed by atoms with Crippen molar-refractivity contribution in [3.8, 4) is 11.4 Å². The zero-order valence-electron chi connectivity index (χ0n) is 25.8. The fraction of sp³-hybridized carbons (Fsp3) is 0.324. The first kappa shape index (κ1) is 30.1. The number of anilines is 1. The van der Waals surface area contributed by atoms with Gasteiger partial charge in [0, 0.05) is 42.4 Å². The first-order valence-corrected chi connectivity index (χ1v) is 15.3. The Morgan fingerprint density at radius 3 is 2.47 bits per heavy atom. The second kappa shape index (κ2) is 12.5. The van der Waals surface area contributed by atoms with Crippen LogP contribution in [0.25, 0.3) is 11.8 Å². The van der Waals surface area contributed by atoms with Crippen LogP contribution in [0.4, 0.5) is 5.69 Å². The largest absolute Gasteiger partial charge is 0.496 e. The lowest BCUT2D eigenvalue weighted by Gasteiger charge is -2.26. The molecule has 8 nitrogen and oxygen atoms in total. The number of allylic oxidation sites excluding steroid dienone is 1. The maximum absolute atomic E-state index is 14.2. The van der Waals surface area contributed by atoms with Crippen LogP contribution in [0, 0.1) is 13.8 Å². The van der Waals surface area contributed by atoms with Gasteiger partial charge >= 0.3 is 5.97 Å². The molecular formula is C34H38N4O4S. The zero-order valence-corrected chi connectivity index (χ0v) is 26.6. The number of carbonyl (C=O) groups is 1. The molecule has 2 aromatic carbocycles. The Balaban J connectivity index is 1.71. The number of hydrogen-bond acceptors (Lipinski definition) is 7. The van der Waals surface area contributed by atoms with Crippen molar-refractivity contribution in [2.75, 3.05) is 32.7 Å². The number of aryl methyl sites for hydroxylation is 1. The highest BCUT2D eigenvalue weighted by Gasteiger charge is 2.35. The smallest absolute Gasteiger partial charge is 0.338 e. The number of aromatic nitrogens is 2. The highest BCUT2D eigenvalue weighted by molar-refractivity contribution is 7.07. The number of rotatable bonds is 9. The Kier molecular flexibility index (Phi) is 8.73. The molecule has 4 aromatic rings. The summed E-state index contributed by atoms with van der Waals surface area (Å²) in [7, 11) is 5.64. The van der Waals surface area contributed by atoms with E-state index in [0.717, 1.165) is 34.7 Å². The van der Waals surface area contributed by atoms with Gasteiger partial charge in [-0.2, -0.15) is 0 Å². The standard InChI is InChI=1S/C34H38N4O4S/c1-8-12-27-30(33(40)42-9-2)31(26-13-10-11-14-28(26)41-7)38-32(39)29(43-34(38)35-27)20-23-19-21(3)37(22(23)4)25-17-15-24(16-18-25)36(5)6/h10-11,13-20,31H,8-9,12H2,1-7H3/b29-20+/t31-/m1/s1. The number of methoxy groups -OCH3 is 1. The fourth-order valence-electron chi connectivity index (χ4n) is 5.68. The number of benzene rings is 2. The van der Waals surface area contributed by atoms with Gasteiger partial charge in [0.1, 0.15) is 11.8 Å². The monoisotopic (exact) mass is 598 g/mol. The summed E-state index contributed by atoms with van der Waals surface area (Å²) in [6.07, 6.45) is 3.30. The number of carbonyl (C=O) groups excluding carboxylic acids is 1. The van der Waals surface area contributed by atoms with Gasteiger partial charge in [0.05, 0.1) is 29.5 Å². The number of ether oxygens (including phenoxy) is 2. The predicted octanol–water partition coefficient (Wildman–Crippen LogP) is 5.06. The zero-order chi connectivity index (χ0) is 30.8. The molecule has 0 bridgehead atoms. The van der Waals surface area contributed by atoms with Crippen molar-refractivity contribution in [3.63, 3.8) is 0 Å². The summed E-state index contributed by atoms with van der Waals surface area (Å²) in [6.45, 7) is 8.17. The third-order valence-electron chi connectivity index (χ3n) is 7.71. The second-order valence-corrected chi connectivity index (χ2v) is 11.7. The van der Waals surface area contributed by atoms with E-state index in [1.54, 1.807) is 18.6 Å². The van der Waals surface area contributed by atoms with Crippen LogP contribution in [0.3, 0.4) is 0 Å². The van der Waals surface area contributed by atoms with Crippen LogP contribution in [0.5, 0.6) is 5.75 Å². The summed E-state index contributed by atoms with van der Waals surface area (Å²) in [5.74, 6) is 0.120. The Bertz CT molecular complexity index is 1880. The lowest BCUT2D eigenvalue weighted by Crippen LogP contribution is -2.40. The lowest BCUT2D eigenvalue weighted by molar-refractivity contribution is -0.139. The minimum absolute atomic E-state index is 0.211. The van der Waals surface area contributed by atoms with E-state index < -0.39 is 12.0 Å². The molecule has 0 fully saturated rings. The van der Waals surface area contributed by atoms with Gasteiger partial charge < -0.3 is 18.9 Å². The first-order valence-electron chi connectivity index (χ1n) is 14.5. The van der Waals surface area contributed by atoms with Gasteiger partial charge in [-0.05, 0) is 75.2 Å². The van der Waals surface area contributed by atoms with Gasteiger partial charge in [-0.15, -0.1) is 0 Å². The summed E-state index contributed by atoms with van der Waals surface area (Å²) in [4.78, 5) is 35.2. The highest BCUT2D eigenvalue weighted by atomic mass is 32.1. The maximum Gasteiger partial charge on any atom is 0.338 e. The average molecular weight is 599 g/mol. The van der Waals surface area contributed by atoms with Gasteiger partial charge in [0.25, 0.3) is 5.56 Å². The molecule has 0 saturated heterocycles. The predicted molar refractivity (Wildman–Crippen MR) is 172 cm³/mol. The first-order chi connectivity index (χ1) is 20.7. The summed E-state index contributed by atoms with van der Waals surface area (Å²) < 4.78 is 15.6. The molecule has 0 aliphatic carbocycles. The van der Waals surface area contributed by atoms with E-state index in [9.17, 15) is 9.59 Å². The van der Waals surface area contributed by atoms with Crippen molar-refractivity contribution in [2.45, 2.75) is 46.6 Å². The van der Waals surface area contributed by atoms with Crippen molar-refractivity contribution < 1.29 is 14.3 Å². The van der Waals surface area contributed by atoms with Crippen molar-refractivity contribution in [1.29, 1.82) is 0 Å². The van der Waals surface area contributed by atoms with Gasteiger partial charge in [-0.3, -0.25) is 9.36 Å². The molecule has 0 unspecified atom stereocenters. The molecule has 1 aliphatic rings. The van der Waals surface area contributed by atoms with Gasteiger partial charge in [0.15, 0.2) is 4.80 Å². The van der Waals surface area contributed by atoms with E-state index in [0.29, 0.717) is 38.3 Å². The maximum atomic E-state index is 14.2. The van der Waals surface area contributed by atoms with Crippen molar-refractivity contribution in [3.05, 3.63) is 108 Å². The minimum atomic E-state index is -0.724. The van der Waals surface area contributed by atoms with Crippen LogP contribution in [-0.4, -0.2) is 42.9 Å². The summed E-state index contributed by atoms with van der Waals surface area (Å²) in [5, 5.41) is 0. The number of esters is 1. The summed E-state index contributed by atoms with van der Waals surface area (Å²) in [6, 6.07) is 17.3. The number of nitrogens with zero attached hydrogens (tertiary/aromatic N) is 4. The second-order valence-electron chi connectivity index (χ2n) is 10.7. The fourth-order valence-corrected chi connectivity index (χ4v) is 6.69. The Morgan fingerprint density at radius 2 is 1.81 bits per heavy atom. The average Bonchev–Trinajstić information content (AvgIpc) is 3.46. The number of para-hydroxylation sites is 1. The van der Waals surface area contributed by atoms with E-state index in [1.165, 1.54) is 11.3 Å². The molecule has 2 aromatic heterocycles. The number of fused-ring (bicyclic) bond motifs is 1. The molecule has 9 heteroatoms. The molecule has 0 N–H and O–H groups in total. The van der Waals surface area contributed by atoms with Crippen LogP contribution in [-0.2, 0) is 9.53 Å². The molecule has 0 amide bonds. The lowest BCUT2D eigenvalue weighted by atomic mass is 9.93. The molecular weight excluding hydrogens is 560 g/mol. The molecule has 43 heavy (non-hydrogen) atoms. The van der Waals surface area contributed by atoms with Crippen LogP contribution >= 0.6 is 11.3 Å². The third-order valence-corrected chi connectivity index (χ3v) is 8.69. The van der Waals surface area contributed by atoms with Gasteiger partial charge in [0.2, 0.25) is 0 Å². The number of hydrogen-bond donors (Lipinski definition) is 0. The van der Waals surface area contributed by atoms with Crippen molar-refractivity contribution >= 4 is 29.1 Å². The van der Waals surface area contributed by atoms with Crippen LogP contribution in [0.15, 0.2) is 75.7 Å². The molecule has 5 rings (SSSR count). The summed E-state index contributed by atoms with van der Waals surface area (Å²) in [5.41, 5.74) is 6.75. The molecule has 0 radical (unpaired) electrons. The van der Waals surface area contributed by atoms with E-state index >= 15 is 0 Å².